The van der Waals surface area contributed by atoms with E-state index in [1.807, 2.05) is 0 Å². The summed E-state index contributed by atoms with van der Waals surface area (Å²) in [4.78, 5) is 6.76. The van der Waals surface area contributed by atoms with Gasteiger partial charge in [0.05, 0.1) is 16.8 Å². The molecule has 0 spiro atoms. The third-order valence-electron chi connectivity index (χ3n) is 5.39. The fourth-order valence-electron chi connectivity index (χ4n) is 4.00. The van der Waals surface area contributed by atoms with Gasteiger partial charge in [-0.15, -0.1) is 5.10 Å². The first kappa shape index (κ1) is 19.6. The van der Waals surface area contributed by atoms with E-state index in [4.69, 9.17) is 0 Å². The lowest BCUT2D eigenvalue weighted by atomic mass is 9.92. The SMILES string of the molecule is CN1CCC[C@H](Cc2nnc(-c3ccc(C(F)(F)F)cc3O)c3cccnc23)C1. The van der Waals surface area contributed by atoms with Gasteiger partial charge in [-0.05, 0) is 69.1 Å². The number of benzene rings is 1. The smallest absolute Gasteiger partial charge is 0.416 e. The Kier molecular flexibility index (Phi) is 5.12. The topological polar surface area (TPSA) is 62.1 Å². The lowest BCUT2D eigenvalue weighted by Gasteiger charge is -2.29. The van der Waals surface area contributed by atoms with Crippen LogP contribution in [0.3, 0.4) is 0 Å². The molecular weight excluding hydrogens is 381 g/mol. The number of pyridine rings is 1. The van der Waals surface area contributed by atoms with Gasteiger partial charge < -0.3 is 10.0 Å². The molecule has 0 unspecified atom stereocenters. The molecule has 3 heterocycles. The summed E-state index contributed by atoms with van der Waals surface area (Å²) in [7, 11) is 2.10. The van der Waals surface area contributed by atoms with Gasteiger partial charge in [0.2, 0.25) is 0 Å². The molecule has 1 aromatic carbocycles. The normalized spacial score (nSPS) is 18.3. The first-order chi connectivity index (χ1) is 13.8. The largest absolute Gasteiger partial charge is 0.507 e. The highest BCUT2D eigenvalue weighted by molar-refractivity contribution is 5.94. The maximum absolute atomic E-state index is 12.9. The number of likely N-dealkylation sites (tertiary alicyclic amines) is 1. The lowest BCUT2D eigenvalue weighted by molar-refractivity contribution is -0.137. The summed E-state index contributed by atoms with van der Waals surface area (Å²) in [5.41, 5.74) is 1.06. The lowest BCUT2D eigenvalue weighted by Crippen LogP contribution is -2.33. The number of nitrogens with zero attached hydrogens (tertiary/aromatic N) is 4. The van der Waals surface area contributed by atoms with Crippen LogP contribution in [0.4, 0.5) is 13.2 Å². The number of rotatable bonds is 3. The molecule has 1 atom stereocenters. The molecule has 8 heteroatoms. The number of hydrogen-bond acceptors (Lipinski definition) is 5. The van der Waals surface area contributed by atoms with Crippen molar-refractivity contribution in [3.8, 4) is 17.0 Å². The number of phenols is 1. The molecule has 1 saturated heterocycles. The van der Waals surface area contributed by atoms with Crippen molar-refractivity contribution < 1.29 is 18.3 Å². The Morgan fingerprint density at radius 2 is 2.03 bits per heavy atom. The molecular formula is C21H21F3N4O. The van der Waals surface area contributed by atoms with Crippen LogP contribution < -0.4 is 0 Å². The van der Waals surface area contributed by atoms with E-state index in [2.05, 4.69) is 27.1 Å². The van der Waals surface area contributed by atoms with Crippen LogP contribution in [0.1, 0.15) is 24.1 Å². The number of halogens is 3. The minimum Gasteiger partial charge on any atom is -0.507 e. The highest BCUT2D eigenvalue weighted by Crippen LogP contribution is 2.38. The highest BCUT2D eigenvalue weighted by Gasteiger charge is 2.31. The minimum absolute atomic E-state index is 0.201. The Hall–Kier alpha value is -2.74. The molecule has 0 amide bonds. The Labute approximate surface area is 166 Å². The van der Waals surface area contributed by atoms with E-state index in [-0.39, 0.29) is 5.56 Å². The molecule has 1 N–H and O–H groups in total. The zero-order chi connectivity index (χ0) is 20.6. The van der Waals surface area contributed by atoms with Crippen molar-refractivity contribution in [2.45, 2.75) is 25.4 Å². The first-order valence-corrected chi connectivity index (χ1v) is 9.52. The van der Waals surface area contributed by atoms with Crippen LogP contribution in [0.15, 0.2) is 36.5 Å². The molecule has 3 aromatic rings. The highest BCUT2D eigenvalue weighted by atomic mass is 19.4. The molecule has 1 aliphatic heterocycles. The second-order valence-corrected chi connectivity index (χ2v) is 7.60. The first-order valence-electron chi connectivity index (χ1n) is 9.52. The zero-order valence-electron chi connectivity index (χ0n) is 15.9. The van der Waals surface area contributed by atoms with Crippen molar-refractivity contribution in [2.75, 3.05) is 20.1 Å². The third-order valence-corrected chi connectivity index (χ3v) is 5.39. The fraction of sp³-hybridized carbons (Fsp3) is 0.381. The van der Waals surface area contributed by atoms with Gasteiger partial charge in [0.1, 0.15) is 11.4 Å². The maximum Gasteiger partial charge on any atom is 0.416 e. The molecule has 2 aromatic heterocycles. The van der Waals surface area contributed by atoms with E-state index in [9.17, 15) is 18.3 Å². The molecule has 1 fully saturated rings. The molecule has 29 heavy (non-hydrogen) atoms. The van der Waals surface area contributed by atoms with Gasteiger partial charge in [-0.3, -0.25) is 4.98 Å². The molecule has 0 saturated carbocycles. The van der Waals surface area contributed by atoms with Crippen LogP contribution in [-0.2, 0) is 12.6 Å². The van der Waals surface area contributed by atoms with Crippen molar-refractivity contribution >= 4 is 10.9 Å². The van der Waals surface area contributed by atoms with Gasteiger partial charge in [0.25, 0.3) is 0 Å². The Bertz CT molecular complexity index is 1040. The molecule has 5 nitrogen and oxygen atoms in total. The van der Waals surface area contributed by atoms with E-state index >= 15 is 0 Å². The van der Waals surface area contributed by atoms with E-state index < -0.39 is 17.5 Å². The van der Waals surface area contributed by atoms with Gasteiger partial charge in [0.15, 0.2) is 0 Å². The predicted molar refractivity (Wildman–Crippen MR) is 103 cm³/mol. The van der Waals surface area contributed by atoms with Crippen LogP contribution in [0.5, 0.6) is 5.75 Å². The summed E-state index contributed by atoms with van der Waals surface area (Å²) in [5.74, 6) is -0.0282. The summed E-state index contributed by atoms with van der Waals surface area (Å²) in [6, 6.07) is 6.42. The van der Waals surface area contributed by atoms with Gasteiger partial charge in [-0.2, -0.15) is 18.3 Å². The number of piperidine rings is 1. The summed E-state index contributed by atoms with van der Waals surface area (Å²) >= 11 is 0. The molecule has 1 aliphatic rings. The van der Waals surface area contributed by atoms with Crippen LogP contribution >= 0.6 is 0 Å². The zero-order valence-corrected chi connectivity index (χ0v) is 15.9. The van der Waals surface area contributed by atoms with E-state index in [1.165, 1.54) is 6.07 Å². The van der Waals surface area contributed by atoms with E-state index in [0.717, 1.165) is 44.1 Å². The van der Waals surface area contributed by atoms with Crippen LogP contribution in [0, 0.1) is 5.92 Å². The molecule has 152 valence electrons. The number of fused-ring (bicyclic) bond motifs is 1. The molecule has 0 aliphatic carbocycles. The van der Waals surface area contributed by atoms with Crippen LogP contribution in [0.25, 0.3) is 22.2 Å². The van der Waals surface area contributed by atoms with E-state index in [1.54, 1.807) is 18.3 Å². The average molecular weight is 402 g/mol. The maximum atomic E-state index is 12.9. The second kappa shape index (κ2) is 7.59. The Morgan fingerprint density at radius 3 is 2.76 bits per heavy atom. The summed E-state index contributed by atoms with van der Waals surface area (Å²) in [6.07, 6.45) is 0.128. The number of aromatic hydroxyl groups is 1. The van der Waals surface area contributed by atoms with Crippen molar-refractivity contribution in [3.05, 3.63) is 47.8 Å². The summed E-state index contributed by atoms with van der Waals surface area (Å²) < 4.78 is 38.7. The Balaban J connectivity index is 1.74. The van der Waals surface area contributed by atoms with Crippen LogP contribution in [0.2, 0.25) is 0 Å². The number of alkyl halides is 3. The monoisotopic (exact) mass is 402 g/mol. The molecule has 0 bridgehead atoms. The van der Waals surface area contributed by atoms with Crippen molar-refractivity contribution in [1.82, 2.24) is 20.1 Å². The minimum atomic E-state index is -4.53. The van der Waals surface area contributed by atoms with Crippen molar-refractivity contribution in [1.29, 1.82) is 0 Å². The number of phenolic OH excluding ortho intramolecular Hbond substituents is 1. The van der Waals surface area contributed by atoms with Gasteiger partial charge in [0, 0.05) is 23.7 Å². The van der Waals surface area contributed by atoms with Crippen LogP contribution in [-0.4, -0.2) is 45.3 Å². The van der Waals surface area contributed by atoms with Gasteiger partial charge in [-0.25, -0.2) is 0 Å². The van der Waals surface area contributed by atoms with Gasteiger partial charge in [-0.1, -0.05) is 0 Å². The average Bonchev–Trinajstić information content (AvgIpc) is 2.68. The summed E-state index contributed by atoms with van der Waals surface area (Å²) in [5, 5.41) is 19.5. The van der Waals surface area contributed by atoms with Gasteiger partial charge >= 0.3 is 6.18 Å². The van der Waals surface area contributed by atoms with Crippen molar-refractivity contribution in [3.63, 3.8) is 0 Å². The quantitative estimate of drug-likeness (QED) is 0.708. The third kappa shape index (κ3) is 4.03. The fourth-order valence-corrected chi connectivity index (χ4v) is 4.00. The molecule has 0 radical (unpaired) electrons. The second-order valence-electron chi connectivity index (χ2n) is 7.60. The number of hydrogen-bond donors (Lipinski definition) is 1. The Morgan fingerprint density at radius 1 is 1.21 bits per heavy atom. The number of aromatic nitrogens is 3. The van der Waals surface area contributed by atoms with E-state index in [0.29, 0.717) is 28.6 Å². The van der Waals surface area contributed by atoms with Crippen molar-refractivity contribution in [2.24, 2.45) is 5.92 Å². The summed E-state index contributed by atoms with van der Waals surface area (Å²) in [6.45, 7) is 2.07. The predicted octanol–water partition coefficient (Wildman–Crippen LogP) is 4.30. The standard InChI is InChI=1S/C21H21F3N4O/c1-28-9-3-4-13(12-28)10-17-20-16(5-2-8-25-20)19(27-26-17)15-7-6-14(11-18(15)29)21(22,23)24/h2,5-8,11,13,29H,3-4,9-10,12H2,1H3/t13-/m1/s1. The molecule has 4 rings (SSSR count).